The number of hydrogen-bond donors (Lipinski definition) is 3. The largest absolute Gasteiger partial charge is 0.504 e. The molecule has 3 N–H and O–H groups in total. The highest BCUT2D eigenvalue weighted by molar-refractivity contribution is 5.63. The number of nitrogens with zero attached hydrogens (tertiary/aromatic N) is 1. The van der Waals surface area contributed by atoms with E-state index in [0.717, 1.165) is 38.1 Å². The molecule has 0 radical (unpaired) electrons. The summed E-state index contributed by atoms with van der Waals surface area (Å²) in [4.78, 5) is 2.75. The minimum absolute atomic E-state index is 0.00794. The lowest BCUT2D eigenvalue weighted by Gasteiger charge is -2.74. The fourth-order valence-corrected chi connectivity index (χ4v) is 8.91. The average molecular weight is 412 g/mol. The molecule has 2 heterocycles. The van der Waals surface area contributed by atoms with Crippen LogP contribution in [0.4, 0.5) is 0 Å². The molecule has 8 rings (SSSR count). The fourth-order valence-electron chi connectivity index (χ4n) is 8.91. The van der Waals surface area contributed by atoms with Crippen LogP contribution in [0.15, 0.2) is 12.1 Å². The Balaban J connectivity index is 1.48. The SMILES string of the molecule is CC(C)(O)[C@H]1CC23CC[C@]1(O)[C@H]1Oc4c(O)ccc5c4[C@]12CCN(CC1CC1)[C@@H]3C5. The molecule has 162 valence electrons. The van der Waals surface area contributed by atoms with Gasteiger partial charge in [0, 0.05) is 34.9 Å². The van der Waals surface area contributed by atoms with Gasteiger partial charge >= 0.3 is 0 Å². The summed E-state index contributed by atoms with van der Waals surface area (Å²) in [5.74, 6) is 1.44. The number of aromatic hydroxyl groups is 1. The van der Waals surface area contributed by atoms with Crippen LogP contribution < -0.4 is 4.74 Å². The molecule has 1 aromatic rings. The number of hydrogen-bond acceptors (Lipinski definition) is 5. The van der Waals surface area contributed by atoms with Crippen molar-refractivity contribution in [3.8, 4) is 11.5 Å². The van der Waals surface area contributed by atoms with E-state index in [0.29, 0.717) is 18.2 Å². The number of piperidine rings is 1. The van der Waals surface area contributed by atoms with Gasteiger partial charge in [-0.2, -0.15) is 0 Å². The molecule has 1 saturated heterocycles. The van der Waals surface area contributed by atoms with E-state index in [4.69, 9.17) is 4.74 Å². The lowest BCUT2D eigenvalue weighted by Crippen LogP contribution is -2.82. The van der Waals surface area contributed by atoms with Crippen molar-refractivity contribution in [3.63, 3.8) is 0 Å². The van der Waals surface area contributed by atoms with E-state index in [1.807, 2.05) is 13.8 Å². The van der Waals surface area contributed by atoms with E-state index in [1.165, 1.54) is 30.5 Å². The van der Waals surface area contributed by atoms with Crippen LogP contribution in [0.5, 0.6) is 11.5 Å². The van der Waals surface area contributed by atoms with Gasteiger partial charge < -0.3 is 20.1 Å². The van der Waals surface area contributed by atoms with Gasteiger partial charge in [-0.3, -0.25) is 4.90 Å². The Labute approximate surface area is 178 Å². The van der Waals surface area contributed by atoms with Crippen LogP contribution in [0.3, 0.4) is 0 Å². The van der Waals surface area contributed by atoms with Crippen LogP contribution in [0, 0.1) is 17.3 Å². The molecule has 0 aromatic heterocycles. The first-order chi connectivity index (χ1) is 14.2. The van der Waals surface area contributed by atoms with Gasteiger partial charge in [-0.15, -0.1) is 0 Å². The molecule has 0 amide bonds. The standard InChI is InChI=1S/C25H33NO4/c1-22(2,28)17-12-23-7-8-25(17,29)21-24(23)9-10-26(13-14-3-4-14)18(23)11-15-5-6-16(27)20(30-21)19(15)24/h5-6,14,17-18,21,27-29H,3-4,7-13H2,1-2H3/t17-,18-,21+,23?,24-,25-/m1/s1. The van der Waals surface area contributed by atoms with Gasteiger partial charge in [0.15, 0.2) is 11.5 Å². The van der Waals surface area contributed by atoms with E-state index in [1.54, 1.807) is 6.07 Å². The maximum absolute atomic E-state index is 12.1. The van der Waals surface area contributed by atoms with Crippen molar-refractivity contribution < 1.29 is 20.1 Å². The predicted molar refractivity (Wildman–Crippen MR) is 112 cm³/mol. The number of benzene rings is 1. The molecule has 4 bridgehead atoms. The maximum atomic E-state index is 12.1. The fraction of sp³-hybridized carbons (Fsp3) is 0.760. The Morgan fingerprint density at radius 1 is 1.20 bits per heavy atom. The third kappa shape index (κ3) is 1.85. The van der Waals surface area contributed by atoms with Gasteiger partial charge in [-0.05, 0) is 82.9 Å². The number of phenols is 1. The Morgan fingerprint density at radius 2 is 2.00 bits per heavy atom. The minimum Gasteiger partial charge on any atom is -0.504 e. The van der Waals surface area contributed by atoms with Crippen LogP contribution in [0.2, 0.25) is 0 Å². The quantitative estimate of drug-likeness (QED) is 0.713. The van der Waals surface area contributed by atoms with E-state index >= 15 is 0 Å². The number of likely N-dealkylation sites (tertiary alicyclic amines) is 1. The molecule has 2 aliphatic heterocycles. The minimum atomic E-state index is -1.07. The topological polar surface area (TPSA) is 73.2 Å². The van der Waals surface area contributed by atoms with Crippen molar-refractivity contribution in [1.29, 1.82) is 0 Å². The summed E-state index contributed by atoms with van der Waals surface area (Å²) < 4.78 is 6.57. The van der Waals surface area contributed by atoms with Gasteiger partial charge in [0.05, 0.1) is 5.60 Å². The molecule has 7 aliphatic rings. The molecule has 2 spiro atoms. The molecule has 1 unspecified atom stereocenters. The first-order valence-corrected chi connectivity index (χ1v) is 11.9. The predicted octanol–water partition coefficient (Wildman–Crippen LogP) is 2.73. The molecule has 4 saturated carbocycles. The van der Waals surface area contributed by atoms with Gasteiger partial charge in [0.1, 0.15) is 11.7 Å². The summed E-state index contributed by atoms with van der Waals surface area (Å²) in [6.07, 6.45) is 6.80. The molecular formula is C25H33NO4. The summed E-state index contributed by atoms with van der Waals surface area (Å²) in [6, 6.07) is 4.30. The third-order valence-electron chi connectivity index (χ3n) is 10.2. The van der Waals surface area contributed by atoms with Crippen molar-refractivity contribution >= 4 is 0 Å². The zero-order chi connectivity index (χ0) is 20.7. The summed E-state index contributed by atoms with van der Waals surface area (Å²) in [7, 11) is 0. The van der Waals surface area contributed by atoms with Crippen LogP contribution in [-0.4, -0.2) is 56.7 Å². The second kappa shape index (κ2) is 5.19. The van der Waals surface area contributed by atoms with Crippen LogP contribution in [-0.2, 0) is 11.8 Å². The first kappa shape index (κ1) is 18.3. The Bertz CT molecular complexity index is 951. The van der Waals surface area contributed by atoms with Crippen molar-refractivity contribution in [2.75, 3.05) is 13.1 Å². The third-order valence-corrected chi connectivity index (χ3v) is 10.2. The van der Waals surface area contributed by atoms with Crippen molar-refractivity contribution in [2.45, 2.75) is 87.6 Å². The van der Waals surface area contributed by atoms with Gasteiger partial charge in [0.25, 0.3) is 0 Å². The molecule has 5 fully saturated rings. The van der Waals surface area contributed by atoms with Crippen molar-refractivity contribution in [2.24, 2.45) is 17.3 Å². The highest BCUT2D eigenvalue weighted by Gasteiger charge is 2.81. The van der Waals surface area contributed by atoms with E-state index in [9.17, 15) is 15.3 Å². The number of rotatable bonds is 3. The Morgan fingerprint density at radius 3 is 2.73 bits per heavy atom. The number of ether oxygens (including phenoxy) is 1. The normalized spacial score (nSPS) is 45.9. The second-order valence-electron chi connectivity index (χ2n) is 11.9. The summed E-state index contributed by atoms with van der Waals surface area (Å²) >= 11 is 0. The van der Waals surface area contributed by atoms with Gasteiger partial charge in [-0.1, -0.05) is 6.07 Å². The molecular weight excluding hydrogens is 378 g/mol. The number of fused-ring (bicyclic) bond motifs is 2. The van der Waals surface area contributed by atoms with Crippen molar-refractivity contribution in [1.82, 2.24) is 4.90 Å². The van der Waals surface area contributed by atoms with Crippen LogP contribution >= 0.6 is 0 Å². The summed E-state index contributed by atoms with van der Waals surface area (Å²) in [5, 5.41) is 34.0. The van der Waals surface area contributed by atoms with Gasteiger partial charge in [-0.25, -0.2) is 0 Å². The lowest BCUT2D eigenvalue weighted by atomic mass is 9.34. The first-order valence-electron chi connectivity index (χ1n) is 11.9. The number of aliphatic hydroxyl groups is 2. The van der Waals surface area contributed by atoms with Crippen molar-refractivity contribution in [3.05, 3.63) is 23.3 Å². The Kier molecular flexibility index (Phi) is 3.16. The molecule has 5 aliphatic carbocycles. The summed E-state index contributed by atoms with van der Waals surface area (Å²) in [5.41, 5.74) is 0.211. The zero-order valence-electron chi connectivity index (χ0n) is 18.0. The summed E-state index contributed by atoms with van der Waals surface area (Å²) in [6.45, 7) is 5.93. The second-order valence-corrected chi connectivity index (χ2v) is 11.9. The highest BCUT2D eigenvalue weighted by Crippen LogP contribution is 2.76. The van der Waals surface area contributed by atoms with E-state index in [-0.39, 0.29) is 28.6 Å². The zero-order valence-corrected chi connectivity index (χ0v) is 18.0. The Hall–Kier alpha value is -1.30. The van der Waals surface area contributed by atoms with Gasteiger partial charge in [0.2, 0.25) is 0 Å². The molecule has 5 nitrogen and oxygen atoms in total. The number of phenolic OH excluding ortho intramolecular Hbond substituents is 1. The molecule has 30 heavy (non-hydrogen) atoms. The van der Waals surface area contributed by atoms with E-state index < -0.39 is 11.2 Å². The smallest absolute Gasteiger partial charge is 0.165 e. The maximum Gasteiger partial charge on any atom is 0.165 e. The average Bonchev–Trinajstić information content (AvgIpc) is 3.42. The monoisotopic (exact) mass is 411 g/mol. The van der Waals surface area contributed by atoms with E-state index in [2.05, 4.69) is 11.0 Å². The molecule has 1 aromatic carbocycles. The van der Waals surface area contributed by atoms with Crippen LogP contribution in [0.25, 0.3) is 0 Å². The molecule has 6 atom stereocenters. The molecule has 5 heteroatoms. The lowest BCUT2D eigenvalue weighted by molar-refractivity contribution is -0.292. The van der Waals surface area contributed by atoms with Crippen LogP contribution in [0.1, 0.15) is 63.5 Å². The highest BCUT2D eigenvalue weighted by atomic mass is 16.5.